The number of aryl methyl sites for hydroxylation is 1. The number of amides is 3. The Morgan fingerprint density at radius 1 is 1.07 bits per heavy atom. The Hall–Kier alpha value is -3.35. The number of nitrogens with one attached hydrogen (secondary N) is 2. The van der Waals surface area contributed by atoms with E-state index in [4.69, 9.17) is 9.47 Å². The number of methoxy groups -OCH3 is 1. The third-order valence-electron chi connectivity index (χ3n) is 3.83. The van der Waals surface area contributed by atoms with Crippen LogP contribution >= 0.6 is 0 Å². The number of carbonyl (C=O) groups excluding carboxylic acids is 3. The monoisotopic (exact) mass is 370 g/mol. The van der Waals surface area contributed by atoms with E-state index in [9.17, 15) is 14.4 Å². The summed E-state index contributed by atoms with van der Waals surface area (Å²) in [5.41, 5.74) is 2.02. The van der Waals surface area contributed by atoms with Crippen LogP contribution in [0.25, 0.3) is 0 Å². The van der Waals surface area contributed by atoms with Crippen molar-refractivity contribution in [2.75, 3.05) is 7.11 Å². The van der Waals surface area contributed by atoms with Gasteiger partial charge in [-0.25, -0.2) is 9.59 Å². The van der Waals surface area contributed by atoms with Crippen LogP contribution in [0.5, 0.6) is 5.75 Å². The Labute approximate surface area is 157 Å². The van der Waals surface area contributed by atoms with E-state index in [2.05, 4.69) is 10.6 Å². The predicted octanol–water partition coefficient (Wildman–Crippen LogP) is 2.57. The van der Waals surface area contributed by atoms with Gasteiger partial charge in [-0.2, -0.15) is 0 Å². The van der Waals surface area contributed by atoms with Crippen molar-refractivity contribution in [2.45, 2.75) is 26.5 Å². The summed E-state index contributed by atoms with van der Waals surface area (Å²) < 4.78 is 10.3. The molecule has 0 fully saturated rings. The number of benzene rings is 2. The zero-order valence-electron chi connectivity index (χ0n) is 15.4. The largest absolute Gasteiger partial charge is 0.496 e. The van der Waals surface area contributed by atoms with Crippen LogP contribution in [0, 0.1) is 6.92 Å². The molecule has 1 atom stereocenters. The van der Waals surface area contributed by atoms with Crippen LogP contribution < -0.4 is 15.4 Å². The number of imide groups is 1. The normalized spacial score (nSPS) is 11.2. The maximum atomic E-state index is 12.2. The van der Waals surface area contributed by atoms with E-state index in [1.165, 1.54) is 20.1 Å². The molecule has 3 amide bonds. The third kappa shape index (κ3) is 5.85. The van der Waals surface area contributed by atoms with E-state index >= 15 is 0 Å². The Morgan fingerprint density at radius 3 is 2.44 bits per heavy atom. The van der Waals surface area contributed by atoms with Gasteiger partial charge < -0.3 is 14.8 Å². The van der Waals surface area contributed by atoms with Crippen LogP contribution in [0.3, 0.4) is 0 Å². The molecule has 2 N–H and O–H groups in total. The van der Waals surface area contributed by atoms with E-state index in [1.54, 1.807) is 12.1 Å². The Morgan fingerprint density at radius 2 is 1.78 bits per heavy atom. The summed E-state index contributed by atoms with van der Waals surface area (Å²) in [6.07, 6.45) is -1.13. The first-order chi connectivity index (χ1) is 12.9. The van der Waals surface area contributed by atoms with Crippen LogP contribution in [-0.4, -0.2) is 31.1 Å². The number of hydrogen-bond acceptors (Lipinski definition) is 5. The molecule has 0 bridgehead atoms. The van der Waals surface area contributed by atoms with Crippen molar-refractivity contribution >= 4 is 17.9 Å². The minimum atomic E-state index is -1.13. The summed E-state index contributed by atoms with van der Waals surface area (Å²) >= 11 is 0. The van der Waals surface area contributed by atoms with E-state index < -0.39 is 24.0 Å². The smallest absolute Gasteiger partial charge is 0.339 e. The lowest BCUT2D eigenvalue weighted by atomic mass is 10.1. The first kappa shape index (κ1) is 20.0. The molecule has 7 nitrogen and oxygen atoms in total. The molecular weight excluding hydrogens is 348 g/mol. The Balaban J connectivity index is 1.85. The Bertz CT molecular complexity index is 820. The fourth-order valence-corrected chi connectivity index (χ4v) is 2.27. The maximum Gasteiger partial charge on any atom is 0.339 e. The summed E-state index contributed by atoms with van der Waals surface area (Å²) in [6, 6.07) is 13.4. The number of carbonyl (C=O) groups is 3. The number of rotatable bonds is 6. The van der Waals surface area contributed by atoms with Crippen molar-refractivity contribution < 1.29 is 23.9 Å². The van der Waals surface area contributed by atoms with Crippen LogP contribution in [0.1, 0.15) is 28.4 Å². The van der Waals surface area contributed by atoms with Crippen LogP contribution in [0.4, 0.5) is 4.79 Å². The molecular formula is C20H22N2O5. The molecule has 0 radical (unpaired) electrons. The number of esters is 1. The molecule has 142 valence electrons. The van der Waals surface area contributed by atoms with E-state index in [1.807, 2.05) is 37.3 Å². The van der Waals surface area contributed by atoms with Gasteiger partial charge >= 0.3 is 12.0 Å². The quantitative estimate of drug-likeness (QED) is 0.762. The molecule has 27 heavy (non-hydrogen) atoms. The second kappa shape index (κ2) is 9.38. The summed E-state index contributed by atoms with van der Waals surface area (Å²) in [5.74, 6) is -0.851. The average Bonchev–Trinajstić information content (AvgIpc) is 2.67. The minimum Gasteiger partial charge on any atom is -0.496 e. The van der Waals surface area contributed by atoms with Gasteiger partial charge in [0.25, 0.3) is 5.91 Å². The summed E-state index contributed by atoms with van der Waals surface area (Å²) in [7, 11) is 1.50. The number of urea groups is 1. The molecule has 2 aromatic rings. The molecule has 0 aliphatic heterocycles. The lowest BCUT2D eigenvalue weighted by Gasteiger charge is -2.14. The number of ether oxygens (including phenoxy) is 2. The highest BCUT2D eigenvalue weighted by Crippen LogP contribution is 2.19. The fraction of sp³-hybridized carbons (Fsp3) is 0.250. The summed E-state index contributed by atoms with van der Waals surface area (Å²) in [4.78, 5) is 36.0. The molecule has 0 spiro atoms. The van der Waals surface area contributed by atoms with Crippen LogP contribution in [0.2, 0.25) is 0 Å². The van der Waals surface area contributed by atoms with E-state index in [-0.39, 0.29) is 12.1 Å². The molecule has 0 unspecified atom stereocenters. The van der Waals surface area contributed by atoms with Gasteiger partial charge in [-0.3, -0.25) is 10.1 Å². The summed E-state index contributed by atoms with van der Waals surface area (Å²) in [6.45, 7) is 3.51. The van der Waals surface area contributed by atoms with Gasteiger partial charge in [0, 0.05) is 6.54 Å². The SMILES string of the molecule is COc1cc(C(=O)O[C@H](C)C(=O)NC(=O)NCc2ccccc2)ccc1C. The molecule has 0 heterocycles. The van der Waals surface area contributed by atoms with Gasteiger partial charge in [-0.05, 0) is 37.1 Å². The molecule has 7 heteroatoms. The topological polar surface area (TPSA) is 93.7 Å². The molecule has 0 aliphatic rings. The molecule has 0 aromatic heterocycles. The third-order valence-corrected chi connectivity index (χ3v) is 3.83. The van der Waals surface area contributed by atoms with Crippen molar-refractivity contribution in [3.63, 3.8) is 0 Å². The van der Waals surface area contributed by atoms with Gasteiger partial charge in [0.1, 0.15) is 5.75 Å². The second-order valence-corrected chi connectivity index (χ2v) is 5.89. The van der Waals surface area contributed by atoms with Gasteiger partial charge in [0.2, 0.25) is 0 Å². The molecule has 2 aromatic carbocycles. The lowest BCUT2D eigenvalue weighted by molar-refractivity contribution is -0.127. The van der Waals surface area contributed by atoms with Crippen molar-refractivity contribution in [3.8, 4) is 5.75 Å². The highest BCUT2D eigenvalue weighted by atomic mass is 16.5. The first-order valence-corrected chi connectivity index (χ1v) is 8.39. The average molecular weight is 370 g/mol. The maximum absolute atomic E-state index is 12.2. The molecule has 0 saturated carbocycles. The van der Waals surface area contributed by atoms with Crippen molar-refractivity contribution in [1.29, 1.82) is 0 Å². The minimum absolute atomic E-state index is 0.255. The van der Waals surface area contributed by atoms with Gasteiger partial charge in [0.05, 0.1) is 12.7 Å². The highest BCUT2D eigenvalue weighted by molar-refractivity contribution is 5.98. The second-order valence-electron chi connectivity index (χ2n) is 5.89. The van der Waals surface area contributed by atoms with Crippen molar-refractivity contribution in [2.24, 2.45) is 0 Å². The standard InChI is InChI=1S/C20H22N2O5/c1-13-9-10-16(11-17(13)26-3)19(24)27-14(2)18(23)22-20(25)21-12-15-7-5-4-6-8-15/h4-11,14H,12H2,1-3H3,(H2,21,22,23,25)/t14-/m1/s1. The molecule has 2 rings (SSSR count). The number of hydrogen-bond donors (Lipinski definition) is 2. The molecule has 0 aliphatic carbocycles. The summed E-state index contributed by atoms with van der Waals surface area (Å²) in [5, 5.41) is 4.71. The van der Waals surface area contributed by atoms with Crippen LogP contribution in [-0.2, 0) is 16.1 Å². The first-order valence-electron chi connectivity index (χ1n) is 8.39. The van der Waals surface area contributed by atoms with E-state index in [0.29, 0.717) is 5.75 Å². The van der Waals surface area contributed by atoms with Gasteiger partial charge in [-0.15, -0.1) is 0 Å². The molecule has 0 saturated heterocycles. The highest BCUT2D eigenvalue weighted by Gasteiger charge is 2.21. The van der Waals surface area contributed by atoms with Gasteiger partial charge in [-0.1, -0.05) is 36.4 Å². The zero-order chi connectivity index (χ0) is 19.8. The zero-order valence-corrected chi connectivity index (χ0v) is 15.4. The van der Waals surface area contributed by atoms with Gasteiger partial charge in [0.15, 0.2) is 6.10 Å². The predicted molar refractivity (Wildman–Crippen MR) is 99.4 cm³/mol. The van der Waals surface area contributed by atoms with Crippen molar-refractivity contribution in [1.82, 2.24) is 10.6 Å². The fourth-order valence-electron chi connectivity index (χ4n) is 2.27. The van der Waals surface area contributed by atoms with Crippen LogP contribution in [0.15, 0.2) is 48.5 Å². The lowest BCUT2D eigenvalue weighted by Crippen LogP contribution is -2.44. The Kier molecular flexibility index (Phi) is 6.93. The van der Waals surface area contributed by atoms with E-state index in [0.717, 1.165) is 11.1 Å². The van der Waals surface area contributed by atoms with Crippen molar-refractivity contribution in [3.05, 3.63) is 65.2 Å².